The van der Waals surface area contributed by atoms with E-state index >= 15 is 0 Å². The number of benzene rings is 1. The van der Waals surface area contributed by atoms with Crippen LogP contribution in [-0.2, 0) is 11.3 Å². The number of imidazole rings is 1. The van der Waals surface area contributed by atoms with Crippen LogP contribution >= 0.6 is 11.8 Å². The molecule has 0 spiro atoms. The number of amides is 1. The highest BCUT2D eigenvalue weighted by Crippen LogP contribution is 2.21. The standard InChI is InChI=1S/C17H18N4O2S/c1-12(19-17(22)23-11-13-6-4-3-5-7-13)14-10-21-9-8-18-15(21)16(20-14)24-2/h3-10,12H,11H2,1-2H3,(H,19,22)/t12-/m1/s1. The maximum atomic E-state index is 12.0. The molecule has 0 saturated heterocycles. The van der Waals surface area contributed by atoms with Gasteiger partial charge in [-0.1, -0.05) is 30.3 Å². The van der Waals surface area contributed by atoms with Crippen molar-refractivity contribution < 1.29 is 9.53 Å². The third-order valence-corrected chi connectivity index (χ3v) is 4.21. The van der Waals surface area contributed by atoms with Crippen LogP contribution in [0.2, 0.25) is 0 Å². The van der Waals surface area contributed by atoms with E-state index in [0.717, 1.165) is 21.9 Å². The summed E-state index contributed by atoms with van der Waals surface area (Å²) in [4.78, 5) is 20.8. The van der Waals surface area contributed by atoms with Crippen molar-refractivity contribution in [2.24, 2.45) is 0 Å². The van der Waals surface area contributed by atoms with Crippen LogP contribution < -0.4 is 5.32 Å². The number of nitrogens with zero attached hydrogens (tertiary/aromatic N) is 3. The van der Waals surface area contributed by atoms with E-state index in [2.05, 4.69) is 15.3 Å². The van der Waals surface area contributed by atoms with Crippen molar-refractivity contribution in [3.8, 4) is 0 Å². The summed E-state index contributed by atoms with van der Waals surface area (Å²) in [6, 6.07) is 9.30. The van der Waals surface area contributed by atoms with Crippen molar-refractivity contribution >= 4 is 23.5 Å². The number of alkyl carbamates (subject to hydrolysis) is 1. The Morgan fingerprint density at radius 3 is 2.92 bits per heavy atom. The van der Waals surface area contributed by atoms with Gasteiger partial charge >= 0.3 is 6.09 Å². The molecule has 3 rings (SSSR count). The smallest absolute Gasteiger partial charge is 0.407 e. The van der Waals surface area contributed by atoms with Crippen molar-refractivity contribution in [3.63, 3.8) is 0 Å². The molecule has 1 amide bonds. The number of hydrogen-bond acceptors (Lipinski definition) is 5. The minimum atomic E-state index is -0.468. The number of aromatic nitrogens is 3. The van der Waals surface area contributed by atoms with E-state index < -0.39 is 6.09 Å². The molecule has 0 bridgehead atoms. The Hall–Kier alpha value is -2.54. The lowest BCUT2D eigenvalue weighted by atomic mass is 10.2. The maximum Gasteiger partial charge on any atom is 0.407 e. The molecule has 0 aliphatic rings. The molecule has 0 fully saturated rings. The summed E-state index contributed by atoms with van der Waals surface area (Å²) in [5.74, 6) is 0. The molecule has 1 N–H and O–H groups in total. The van der Waals surface area contributed by atoms with E-state index in [-0.39, 0.29) is 12.6 Å². The summed E-state index contributed by atoms with van der Waals surface area (Å²) in [6.45, 7) is 2.11. The van der Waals surface area contributed by atoms with E-state index in [1.165, 1.54) is 11.8 Å². The number of fused-ring (bicyclic) bond motifs is 1. The van der Waals surface area contributed by atoms with Gasteiger partial charge in [0.1, 0.15) is 11.6 Å². The average Bonchev–Trinajstić information content (AvgIpc) is 3.08. The third kappa shape index (κ3) is 3.68. The van der Waals surface area contributed by atoms with Gasteiger partial charge in [0.15, 0.2) is 5.65 Å². The topological polar surface area (TPSA) is 68.5 Å². The molecule has 1 aromatic carbocycles. The molecule has 3 aromatic rings. The van der Waals surface area contributed by atoms with E-state index in [1.54, 1.807) is 6.20 Å². The second kappa shape index (κ2) is 7.35. The van der Waals surface area contributed by atoms with Gasteiger partial charge in [-0.2, -0.15) is 0 Å². The minimum absolute atomic E-state index is 0.240. The highest BCUT2D eigenvalue weighted by molar-refractivity contribution is 7.98. The van der Waals surface area contributed by atoms with E-state index in [1.807, 2.05) is 60.3 Å². The zero-order valence-electron chi connectivity index (χ0n) is 13.5. The molecule has 1 atom stereocenters. The Labute approximate surface area is 144 Å². The monoisotopic (exact) mass is 342 g/mol. The Bertz CT molecular complexity index is 835. The largest absolute Gasteiger partial charge is 0.445 e. The van der Waals surface area contributed by atoms with Crippen molar-refractivity contribution in [3.05, 3.63) is 60.2 Å². The first-order chi connectivity index (χ1) is 11.7. The van der Waals surface area contributed by atoms with Gasteiger partial charge in [-0.3, -0.25) is 0 Å². The highest BCUT2D eigenvalue weighted by atomic mass is 32.2. The zero-order chi connectivity index (χ0) is 16.9. The molecular formula is C17H18N4O2S. The second-order valence-electron chi connectivity index (χ2n) is 5.26. The predicted molar refractivity (Wildman–Crippen MR) is 92.9 cm³/mol. The lowest BCUT2D eigenvalue weighted by Gasteiger charge is -2.15. The van der Waals surface area contributed by atoms with Crippen LogP contribution in [-0.4, -0.2) is 26.7 Å². The van der Waals surface area contributed by atoms with Gasteiger partial charge in [-0.05, 0) is 18.7 Å². The van der Waals surface area contributed by atoms with Crippen LogP contribution in [0.4, 0.5) is 4.79 Å². The first kappa shape index (κ1) is 16.3. The number of rotatable bonds is 5. The fraction of sp³-hybridized carbons (Fsp3) is 0.235. The summed E-state index contributed by atoms with van der Waals surface area (Å²) in [5, 5.41) is 3.63. The highest BCUT2D eigenvalue weighted by Gasteiger charge is 2.15. The van der Waals surface area contributed by atoms with Crippen LogP contribution in [0.1, 0.15) is 24.2 Å². The molecular weight excluding hydrogens is 324 g/mol. The normalized spacial score (nSPS) is 12.1. The first-order valence-corrected chi connectivity index (χ1v) is 8.74. The molecule has 0 radical (unpaired) electrons. The average molecular weight is 342 g/mol. The molecule has 0 aliphatic carbocycles. The van der Waals surface area contributed by atoms with Crippen LogP contribution in [0.3, 0.4) is 0 Å². The number of carbonyl (C=O) groups excluding carboxylic acids is 1. The van der Waals surface area contributed by atoms with Crippen molar-refractivity contribution in [1.29, 1.82) is 0 Å². The molecule has 6 nitrogen and oxygen atoms in total. The molecule has 7 heteroatoms. The molecule has 24 heavy (non-hydrogen) atoms. The third-order valence-electron chi connectivity index (χ3n) is 3.55. The molecule has 0 saturated carbocycles. The Balaban J connectivity index is 1.65. The Morgan fingerprint density at radius 2 is 2.17 bits per heavy atom. The quantitative estimate of drug-likeness (QED) is 0.719. The van der Waals surface area contributed by atoms with Gasteiger partial charge in [-0.25, -0.2) is 14.8 Å². The molecule has 2 heterocycles. The summed E-state index contributed by atoms with van der Waals surface area (Å²) in [6.07, 6.45) is 6.94. The van der Waals surface area contributed by atoms with Crippen LogP contribution in [0, 0.1) is 0 Å². The summed E-state index contributed by atoms with van der Waals surface area (Å²) >= 11 is 1.52. The predicted octanol–water partition coefficient (Wildman–Crippen LogP) is 3.44. The number of ether oxygens (including phenoxy) is 1. The zero-order valence-corrected chi connectivity index (χ0v) is 14.3. The van der Waals surface area contributed by atoms with Gasteiger partial charge < -0.3 is 14.5 Å². The number of carbonyl (C=O) groups is 1. The lowest BCUT2D eigenvalue weighted by molar-refractivity contribution is 0.136. The molecule has 124 valence electrons. The van der Waals surface area contributed by atoms with Crippen LogP contribution in [0.25, 0.3) is 5.65 Å². The number of nitrogens with one attached hydrogen (secondary N) is 1. The lowest BCUT2D eigenvalue weighted by Crippen LogP contribution is -2.28. The number of hydrogen-bond donors (Lipinski definition) is 1. The van der Waals surface area contributed by atoms with E-state index in [4.69, 9.17) is 4.74 Å². The van der Waals surface area contributed by atoms with Crippen molar-refractivity contribution in [2.75, 3.05) is 6.26 Å². The Kier molecular flexibility index (Phi) is 5.00. The molecule has 2 aromatic heterocycles. The van der Waals surface area contributed by atoms with Crippen LogP contribution in [0.15, 0.2) is 53.9 Å². The van der Waals surface area contributed by atoms with Gasteiger partial charge in [0.05, 0.1) is 11.7 Å². The fourth-order valence-electron chi connectivity index (χ4n) is 2.28. The van der Waals surface area contributed by atoms with Gasteiger partial charge in [0.25, 0.3) is 0 Å². The molecule has 0 aliphatic heterocycles. The van der Waals surface area contributed by atoms with Gasteiger partial charge in [0.2, 0.25) is 0 Å². The fourth-order valence-corrected chi connectivity index (χ4v) is 2.82. The first-order valence-electron chi connectivity index (χ1n) is 7.52. The summed E-state index contributed by atoms with van der Waals surface area (Å²) < 4.78 is 7.15. The van der Waals surface area contributed by atoms with Crippen LogP contribution in [0.5, 0.6) is 0 Å². The summed E-state index contributed by atoms with van der Waals surface area (Å²) in [7, 11) is 0. The van der Waals surface area contributed by atoms with Crippen molar-refractivity contribution in [2.45, 2.75) is 24.6 Å². The Morgan fingerprint density at radius 1 is 1.38 bits per heavy atom. The van der Waals surface area contributed by atoms with Gasteiger partial charge in [-0.15, -0.1) is 11.8 Å². The minimum Gasteiger partial charge on any atom is -0.445 e. The van der Waals surface area contributed by atoms with E-state index in [9.17, 15) is 4.79 Å². The second-order valence-corrected chi connectivity index (χ2v) is 6.06. The van der Waals surface area contributed by atoms with E-state index in [0.29, 0.717) is 0 Å². The maximum absolute atomic E-state index is 12.0. The molecule has 0 unspecified atom stereocenters. The van der Waals surface area contributed by atoms with Gasteiger partial charge in [0, 0.05) is 18.6 Å². The van der Waals surface area contributed by atoms with Crippen molar-refractivity contribution in [1.82, 2.24) is 19.7 Å². The number of thioether (sulfide) groups is 1. The SMILES string of the molecule is CSc1nc([C@@H](C)NC(=O)OCc2ccccc2)cn2ccnc12. The summed E-state index contributed by atoms with van der Waals surface area (Å²) in [5.41, 5.74) is 2.51.